The maximum atomic E-state index is 13.3. The molecule has 2 aliphatic heterocycles. The van der Waals surface area contributed by atoms with Gasteiger partial charge in [0, 0.05) is 50.2 Å². The van der Waals surface area contributed by atoms with Crippen molar-refractivity contribution in [1.82, 2.24) is 25.1 Å². The highest BCUT2D eigenvalue weighted by Crippen LogP contribution is 2.30. The third kappa shape index (κ3) is 6.97. The molecule has 39 heavy (non-hydrogen) atoms. The molecule has 0 radical (unpaired) electrons. The van der Waals surface area contributed by atoms with Gasteiger partial charge in [-0.2, -0.15) is 0 Å². The molecule has 2 atom stereocenters. The van der Waals surface area contributed by atoms with Crippen LogP contribution >= 0.6 is 11.8 Å². The Morgan fingerprint density at radius 3 is 2.49 bits per heavy atom. The second-order valence-corrected chi connectivity index (χ2v) is 11.8. The van der Waals surface area contributed by atoms with Gasteiger partial charge in [-0.05, 0) is 54.0 Å². The van der Waals surface area contributed by atoms with E-state index in [1.165, 1.54) is 0 Å². The van der Waals surface area contributed by atoms with Crippen LogP contribution in [0.1, 0.15) is 36.5 Å². The lowest BCUT2D eigenvalue weighted by Crippen LogP contribution is -2.48. The summed E-state index contributed by atoms with van der Waals surface area (Å²) in [6, 6.07) is 16.6. The fourth-order valence-electron chi connectivity index (χ4n) is 5.35. The Morgan fingerprint density at radius 1 is 1.00 bits per heavy atom. The molecule has 0 spiro atoms. The number of likely N-dealkylation sites (tertiary alicyclic amines) is 1. The van der Waals surface area contributed by atoms with Crippen LogP contribution in [0, 0.1) is 0 Å². The summed E-state index contributed by atoms with van der Waals surface area (Å²) in [6.07, 6.45) is 5.96. The number of aromatic nitrogens is 2. The molecule has 3 aromatic rings. The molecule has 0 unspecified atom stereocenters. The van der Waals surface area contributed by atoms with Gasteiger partial charge in [-0.3, -0.25) is 14.6 Å². The van der Waals surface area contributed by atoms with Crippen LogP contribution < -0.4 is 10.1 Å². The highest BCUT2D eigenvalue weighted by atomic mass is 32.2. The predicted octanol–water partition coefficient (Wildman–Crippen LogP) is 4.24. The lowest BCUT2D eigenvalue weighted by atomic mass is 10.1. The van der Waals surface area contributed by atoms with Crippen molar-refractivity contribution < 1.29 is 14.3 Å². The van der Waals surface area contributed by atoms with Crippen molar-refractivity contribution in [2.75, 3.05) is 25.4 Å². The number of hydrogen-bond acceptors (Lipinski definition) is 8. The van der Waals surface area contributed by atoms with Crippen LogP contribution in [0.25, 0.3) is 0 Å². The van der Waals surface area contributed by atoms with E-state index in [9.17, 15) is 4.79 Å². The summed E-state index contributed by atoms with van der Waals surface area (Å²) in [5.74, 6) is 2.59. The summed E-state index contributed by atoms with van der Waals surface area (Å²) in [5, 5.41) is 4.12. The van der Waals surface area contributed by atoms with Crippen molar-refractivity contribution in [2.24, 2.45) is 0 Å². The smallest absolute Gasteiger partial charge is 0.234 e. The number of ether oxygens (including phenoxy) is 2. The van der Waals surface area contributed by atoms with Crippen LogP contribution in [0.15, 0.2) is 66.1 Å². The minimum absolute atomic E-state index is 0.0492. The summed E-state index contributed by atoms with van der Waals surface area (Å²) in [6.45, 7) is 5.80. The van der Waals surface area contributed by atoms with E-state index in [2.05, 4.69) is 44.1 Å². The summed E-state index contributed by atoms with van der Waals surface area (Å²) in [4.78, 5) is 26.9. The molecule has 1 N–H and O–H groups in total. The molecule has 1 saturated heterocycles. The molecule has 3 aliphatic rings. The first-order valence-electron chi connectivity index (χ1n) is 13.8. The van der Waals surface area contributed by atoms with Crippen molar-refractivity contribution in [3.8, 4) is 11.5 Å². The average molecular weight is 546 g/mol. The molecule has 1 amide bonds. The molecule has 6 rings (SSSR count). The second kappa shape index (κ2) is 12.0. The number of rotatable bonds is 5. The van der Waals surface area contributed by atoms with Crippen LogP contribution in [0.3, 0.4) is 0 Å². The maximum Gasteiger partial charge on any atom is 0.234 e. The fourth-order valence-corrected chi connectivity index (χ4v) is 5.86. The molecule has 9 heteroatoms. The SMILES string of the molecule is CCSc1ncc(CN2C[C@@H]3NC(=O)CN(C4CC4)Cc4cccc(c4)Oc4cccc(c4)CO[C@H]3C2)cn1. The molecule has 2 aromatic carbocycles. The zero-order chi connectivity index (χ0) is 26.6. The van der Waals surface area contributed by atoms with Crippen molar-refractivity contribution in [3.63, 3.8) is 0 Å². The summed E-state index contributed by atoms with van der Waals surface area (Å²) in [5.41, 5.74) is 3.25. The Balaban J connectivity index is 1.21. The molecule has 1 aromatic heterocycles. The lowest BCUT2D eigenvalue weighted by Gasteiger charge is -2.25. The monoisotopic (exact) mass is 545 g/mol. The number of nitrogens with zero attached hydrogens (tertiary/aromatic N) is 4. The molecule has 4 bridgehead atoms. The molecule has 8 nitrogen and oxygen atoms in total. The normalized spacial score (nSPS) is 22.6. The van der Waals surface area contributed by atoms with Gasteiger partial charge in [0.15, 0.2) is 5.16 Å². The lowest BCUT2D eigenvalue weighted by molar-refractivity contribution is -0.124. The topological polar surface area (TPSA) is 79.8 Å². The Bertz CT molecular complexity index is 1290. The van der Waals surface area contributed by atoms with Crippen molar-refractivity contribution in [3.05, 3.63) is 77.6 Å². The largest absolute Gasteiger partial charge is 0.457 e. The van der Waals surface area contributed by atoms with Crippen LogP contribution in [0.5, 0.6) is 11.5 Å². The molecule has 1 aliphatic carbocycles. The summed E-state index contributed by atoms with van der Waals surface area (Å²) < 4.78 is 12.7. The fraction of sp³-hybridized carbons (Fsp3) is 0.433. The van der Waals surface area contributed by atoms with Crippen molar-refractivity contribution in [2.45, 2.75) is 62.8 Å². The van der Waals surface area contributed by atoms with Crippen LogP contribution in [0.2, 0.25) is 0 Å². The first-order valence-corrected chi connectivity index (χ1v) is 14.8. The Hall–Kier alpha value is -2.98. The number of benzene rings is 2. The highest BCUT2D eigenvalue weighted by Gasteiger charge is 2.36. The van der Waals surface area contributed by atoms with Gasteiger partial charge >= 0.3 is 0 Å². The molecule has 1 saturated carbocycles. The van der Waals surface area contributed by atoms with Gasteiger partial charge in [-0.1, -0.05) is 43.0 Å². The third-order valence-electron chi connectivity index (χ3n) is 7.34. The Morgan fingerprint density at radius 2 is 1.74 bits per heavy atom. The van der Waals surface area contributed by atoms with Gasteiger partial charge in [0.2, 0.25) is 5.91 Å². The highest BCUT2D eigenvalue weighted by molar-refractivity contribution is 7.99. The second-order valence-electron chi connectivity index (χ2n) is 10.6. The zero-order valence-electron chi connectivity index (χ0n) is 22.3. The number of amides is 1. The molecular formula is C30H35N5O3S. The molecule has 204 valence electrons. The average Bonchev–Trinajstić information content (AvgIpc) is 3.71. The number of thioether (sulfide) groups is 1. The van der Waals surface area contributed by atoms with Gasteiger partial charge < -0.3 is 14.8 Å². The molecule has 2 fully saturated rings. The number of carbonyl (C=O) groups excluding carboxylic acids is 1. The van der Waals surface area contributed by atoms with Gasteiger partial charge in [0.05, 0.1) is 25.3 Å². The van der Waals surface area contributed by atoms with E-state index in [0.717, 1.165) is 78.1 Å². The van der Waals surface area contributed by atoms with Crippen molar-refractivity contribution in [1.29, 1.82) is 0 Å². The van der Waals surface area contributed by atoms with Gasteiger partial charge in [0.25, 0.3) is 0 Å². The number of fused-ring (bicyclic) bond motifs is 5. The Kier molecular flexibility index (Phi) is 8.10. The van der Waals surface area contributed by atoms with Crippen LogP contribution in [-0.4, -0.2) is 69.2 Å². The van der Waals surface area contributed by atoms with E-state index < -0.39 is 0 Å². The van der Waals surface area contributed by atoms with Crippen LogP contribution in [0.4, 0.5) is 0 Å². The minimum atomic E-state index is -0.121. The van der Waals surface area contributed by atoms with E-state index in [0.29, 0.717) is 19.2 Å². The third-order valence-corrected chi connectivity index (χ3v) is 8.10. The standard InChI is InChI=1S/C30H35N5O3S/c1-2-39-30-31-13-23(14-32-30)15-34-17-27-28(18-34)37-20-22-6-4-8-26(12-22)38-25-7-3-5-21(11-25)16-35(24-9-10-24)19-29(36)33-27/h3-8,11-14,24,27-28H,2,9-10,15-20H2,1H3,(H,33,36)/t27-,28-/m0/s1. The zero-order valence-corrected chi connectivity index (χ0v) is 23.1. The van der Waals surface area contributed by atoms with Gasteiger partial charge in [-0.15, -0.1) is 0 Å². The van der Waals surface area contributed by atoms with E-state index in [-0.39, 0.29) is 18.1 Å². The quantitative estimate of drug-likeness (QED) is 0.377. The minimum Gasteiger partial charge on any atom is -0.457 e. The van der Waals surface area contributed by atoms with E-state index in [4.69, 9.17) is 9.47 Å². The molecular weight excluding hydrogens is 510 g/mol. The van der Waals surface area contributed by atoms with E-state index >= 15 is 0 Å². The Labute approximate surface area is 234 Å². The van der Waals surface area contributed by atoms with Gasteiger partial charge in [-0.25, -0.2) is 9.97 Å². The number of hydrogen-bond donors (Lipinski definition) is 1. The summed E-state index contributed by atoms with van der Waals surface area (Å²) >= 11 is 1.64. The van der Waals surface area contributed by atoms with Gasteiger partial charge in [0.1, 0.15) is 11.5 Å². The first kappa shape index (κ1) is 26.3. The number of carbonyl (C=O) groups is 1. The van der Waals surface area contributed by atoms with Crippen LogP contribution in [-0.2, 0) is 29.2 Å². The number of nitrogens with one attached hydrogen (secondary N) is 1. The van der Waals surface area contributed by atoms with E-state index in [1.54, 1.807) is 11.8 Å². The maximum absolute atomic E-state index is 13.3. The molecule has 3 heterocycles. The first-order chi connectivity index (χ1) is 19.1. The predicted molar refractivity (Wildman–Crippen MR) is 151 cm³/mol. The summed E-state index contributed by atoms with van der Waals surface area (Å²) in [7, 11) is 0. The van der Waals surface area contributed by atoms with E-state index in [1.807, 2.05) is 48.8 Å². The van der Waals surface area contributed by atoms with Crippen molar-refractivity contribution >= 4 is 17.7 Å².